The summed E-state index contributed by atoms with van der Waals surface area (Å²) in [4.78, 5) is 12.8. The van der Waals surface area contributed by atoms with Crippen molar-refractivity contribution in [3.8, 4) is 0 Å². The van der Waals surface area contributed by atoms with Crippen LogP contribution >= 0.6 is 11.3 Å². The average molecular weight is 358 g/mol. The lowest BCUT2D eigenvalue weighted by Gasteiger charge is -2.12. The van der Waals surface area contributed by atoms with Crippen LogP contribution in [0.4, 0.5) is 4.39 Å². The van der Waals surface area contributed by atoms with E-state index in [-0.39, 0.29) is 17.8 Å². The predicted molar refractivity (Wildman–Crippen MR) is 98.2 cm³/mol. The van der Waals surface area contributed by atoms with Gasteiger partial charge in [-0.05, 0) is 26.0 Å². The summed E-state index contributed by atoms with van der Waals surface area (Å²) in [5, 5.41) is 2.65. The van der Waals surface area contributed by atoms with Crippen LogP contribution in [0.25, 0.3) is 10.1 Å². The molecule has 3 aromatic rings. The molecule has 0 saturated heterocycles. The monoisotopic (exact) mass is 358 g/mol. The van der Waals surface area contributed by atoms with Gasteiger partial charge in [-0.1, -0.05) is 36.4 Å². The molecule has 2 aromatic carbocycles. The van der Waals surface area contributed by atoms with E-state index >= 15 is 0 Å². The second-order valence-electron chi connectivity index (χ2n) is 5.88. The Hall–Kier alpha value is -2.24. The van der Waals surface area contributed by atoms with E-state index in [1.165, 1.54) is 23.0 Å². The van der Waals surface area contributed by atoms with Gasteiger partial charge in [-0.25, -0.2) is 9.18 Å². The maximum Gasteiger partial charge on any atom is 0.348 e. The number of quaternary nitrogens is 1. The summed E-state index contributed by atoms with van der Waals surface area (Å²) >= 11 is 1.30. The zero-order chi connectivity index (χ0) is 17.8. The van der Waals surface area contributed by atoms with E-state index in [0.717, 1.165) is 10.3 Å². The van der Waals surface area contributed by atoms with Crippen molar-refractivity contribution in [2.45, 2.75) is 26.4 Å². The Bertz CT molecular complexity index is 876. The number of hydrogen-bond donors (Lipinski definition) is 1. The highest BCUT2D eigenvalue weighted by Gasteiger charge is 2.23. The third-order valence-corrected chi connectivity index (χ3v) is 5.40. The molecule has 0 aliphatic rings. The molecule has 0 radical (unpaired) electrons. The Morgan fingerprint density at radius 3 is 2.68 bits per heavy atom. The van der Waals surface area contributed by atoms with Crippen molar-refractivity contribution in [3.05, 3.63) is 70.4 Å². The van der Waals surface area contributed by atoms with Crippen LogP contribution in [-0.2, 0) is 11.3 Å². The zero-order valence-corrected chi connectivity index (χ0v) is 15.1. The number of thiophene rings is 1. The number of esters is 1. The summed E-state index contributed by atoms with van der Waals surface area (Å²) in [5.74, 6) is -0.668. The van der Waals surface area contributed by atoms with Crippen LogP contribution in [0.15, 0.2) is 48.5 Å². The molecule has 130 valence electrons. The average Bonchev–Trinajstić information content (AvgIpc) is 3.01. The van der Waals surface area contributed by atoms with Crippen molar-refractivity contribution in [2.75, 3.05) is 6.61 Å². The highest BCUT2D eigenvalue weighted by atomic mass is 32.1. The van der Waals surface area contributed by atoms with E-state index in [0.29, 0.717) is 23.4 Å². The fraction of sp³-hybridized carbons (Fsp3) is 0.250. The van der Waals surface area contributed by atoms with E-state index < -0.39 is 0 Å². The molecule has 0 unspecified atom stereocenters. The van der Waals surface area contributed by atoms with Gasteiger partial charge in [-0.15, -0.1) is 11.3 Å². The minimum absolute atomic E-state index is 0.206. The number of fused-ring (bicyclic) bond motifs is 1. The molecular formula is C20H21FNO2S+. The number of carbonyl (C=O) groups excluding carboxylic acids is 1. The molecule has 0 bridgehead atoms. The Morgan fingerprint density at radius 1 is 1.20 bits per heavy atom. The molecule has 0 aliphatic carbocycles. The van der Waals surface area contributed by atoms with Crippen molar-refractivity contribution in [1.29, 1.82) is 0 Å². The molecule has 1 atom stereocenters. The van der Waals surface area contributed by atoms with Gasteiger partial charge >= 0.3 is 5.97 Å². The summed E-state index contributed by atoms with van der Waals surface area (Å²) in [6, 6.07) is 15.3. The van der Waals surface area contributed by atoms with Gasteiger partial charge in [0.1, 0.15) is 23.3 Å². The van der Waals surface area contributed by atoms with Gasteiger partial charge in [0.15, 0.2) is 0 Å². The van der Waals surface area contributed by atoms with Crippen molar-refractivity contribution in [2.24, 2.45) is 0 Å². The molecule has 3 rings (SSSR count). The lowest BCUT2D eigenvalue weighted by Crippen LogP contribution is -2.83. The first-order valence-corrected chi connectivity index (χ1v) is 9.18. The first kappa shape index (κ1) is 17.6. The van der Waals surface area contributed by atoms with Crippen molar-refractivity contribution in [3.63, 3.8) is 0 Å². The highest BCUT2D eigenvalue weighted by Crippen LogP contribution is 2.33. The van der Waals surface area contributed by atoms with E-state index in [1.807, 2.05) is 24.3 Å². The normalized spacial score (nSPS) is 12.3. The Morgan fingerprint density at radius 2 is 1.96 bits per heavy atom. The molecule has 3 nitrogen and oxygen atoms in total. The van der Waals surface area contributed by atoms with Crippen molar-refractivity contribution < 1.29 is 19.2 Å². The molecule has 2 N–H and O–H groups in total. The first-order chi connectivity index (χ1) is 12.1. The van der Waals surface area contributed by atoms with Gasteiger partial charge in [-0.2, -0.15) is 0 Å². The van der Waals surface area contributed by atoms with Crippen molar-refractivity contribution >= 4 is 27.4 Å². The minimum atomic E-state index is -0.376. The van der Waals surface area contributed by atoms with Crippen LogP contribution < -0.4 is 5.32 Å². The summed E-state index contributed by atoms with van der Waals surface area (Å²) < 4.78 is 20.3. The third-order valence-electron chi connectivity index (χ3n) is 4.22. The molecule has 0 spiro atoms. The topological polar surface area (TPSA) is 42.9 Å². The van der Waals surface area contributed by atoms with Gasteiger partial charge in [0.25, 0.3) is 0 Å². The first-order valence-electron chi connectivity index (χ1n) is 8.37. The second-order valence-corrected chi connectivity index (χ2v) is 6.93. The van der Waals surface area contributed by atoms with Crippen LogP contribution in [0.3, 0.4) is 0 Å². The maximum atomic E-state index is 14.4. The molecule has 1 aromatic heterocycles. The molecule has 5 heteroatoms. The minimum Gasteiger partial charge on any atom is -0.462 e. The standard InChI is InChI=1S/C20H20FNO2S/c1-3-24-20(23)19-15(18-16(21)10-7-11-17(18)25-19)12-22-13(2)14-8-5-4-6-9-14/h4-11,13,22H,3,12H2,1-2H3/p+1/t13-/m0/s1. The fourth-order valence-corrected chi connectivity index (χ4v) is 4.05. The number of hydrogen-bond acceptors (Lipinski definition) is 3. The number of benzene rings is 2. The Kier molecular flexibility index (Phi) is 5.46. The molecule has 25 heavy (non-hydrogen) atoms. The number of nitrogens with two attached hydrogens (primary N) is 1. The Labute approximate surface area is 150 Å². The zero-order valence-electron chi connectivity index (χ0n) is 14.3. The highest BCUT2D eigenvalue weighted by molar-refractivity contribution is 7.21. The SMILES string of the molecule is CCOC(=O)c1sc2cccc(F)c2c1C[NH2+][C@@H](C)c1ccccc1. The van der Waals surface area contributed by atoms with E-state index in [4.69, 9.17) is 4.74 Å². The molecule has 0 aliphatic heterocycles. The summed E-state index contributed by atoms with van der Waals surface area (Å²) in [6.07, 6.45) is 0. The van der Waals surface area contributed by atoms with Gasteiger partial charge < -0.3 is 10.1 Å². The molecular weight excluding hydrogens is 337 g/mol. The maximum absolute atomic E-state index is 14.4. The summed E-state index contributed by atoms with van der Waals surface area (Å²) in [6.45, 7) is 4.70. The lowest BCUT2D eigenvalue weighted by molar-refractivity contribution is -0.707. The van der Waals surface area contributed by atoms with Crippen molar-refractivity contribution in [1.82, 2.24) is 0 Å². The number of carbonyl (C=O) groups is 1. The lowest BCUT2D eigenvalue weighted by atomic mass is 10.1. The summed E-state index contributed by atoms with van der Waals surface area (Å²) in [7, 11) is 0. The number of ether oxygens (including phenoxy) is 1. The number of rotatable bonds is 6. The van der Waals surface area contributed by atoms with Crippen LogP contribution in [-0.4, -0.2) is 12.6 Å². The third kappa shape index (κ3) is 3.72. The molecule has 1 heterocycles. The van der Waals surface area contributed by atoms with Gasteiger partial charge in [0.05, 0.1) is 6.61 Å². The fourth-order valence-electron chi connectivity index (χ4n) is 2.91. The quantitative estimate of drug-likeness (QED) is 0.676. The summed E-state index contributed by atoms with van der Waals surface area (Å²) in [5.41, 5.74) is 1.92. The second kappa shape index (κ2) is 7.76. The molecule has 0 saturated carbocycles. The van der Waals surface area contributed by atoms with E-state index in [2.05, 4.69) is 24.4 Å². The van der Waals surface area contributed by atoms with E-state index in [9.17, 15) is 9.18 Å². The van der Waals surface area contributed by atoms with Crippen LogP contribution in [0, 0.1) is 5.82 Å². The van der Waals surface area contributed by atoms with E-state index in [1.54, 1.807) is 13.0 Å². The Balaban J connectivity index is 1.93. The molecule has 0 amide bonds. The predicted octanol–water partition coefficient (Wildman–Crippen LogP) is 4.04. The van der Waals surface area contributed by atoms with Crippen LogP contribution in [0.5, 0.6) is 0 Å². The largest absolute Gasteiger partial charge is 0.462 e. The molecule has 0 fully saturated rings. The van der Waals surface area contributed by atoms with Gasteiger partial charge in [0.2, 0.25) is 0 Å². The van der Waals surface area contributed by atoms with Gasteiger partial charge in [-0.3, -0.25) is 0 Å². The number of halogens is 1. The van der Waals surface area contributed by atoms with Gasteiger partial charge in [0, 0.05) is 21.2 Å². The van der Waals surface area contributed by atoms with Crippen LogP contribution in [0.2, 0.25) is 0 Å². The van der Waals surface area contributed by atoms with Crippen LogP contribution in [0.1, 0.15) is 40.7 Å². The smallest absolute Gasteiger partial charge is 0.348 e.